The molecule has 100 valence electrons. The van der Waals surface area contributed by atoms with E-state index in [0.717, 1.165) is 6.07 Å². The van der Waals surface area contributed by atoms with Crippen molar-refractivity contribution in [3.63, 3.8) is 0 Å². The van der Waals surface area contributed by atoms with Gasteiger partial charge in [-0.3, -0.25) is 0 Å². The SMILES string of the molecule is O=C(O)c1cccc(F)c1NCCSC(F)(F)F. The van der Waals surface area contributed by atoms with Crippen LogP contribution in [0.1, 0.15) is 10.4 Å². The molecule has 1 rings (SSSR count). The van der Waals surface area contributed by atoms with E-state index >= 15 is 0 Å². The molecular formula is C10H9F4NO2S. The normalized spacial score (nSPS) is 11.3. The van der Waals surface area contributed by atoms with Gasteiger partial charge < -0.3 is 10.4 Å². The highest BCUT2D eigenvalue weighted by Crippen LogP contribution is 2.30. The van der Waals surface area contributed by atoms with Gasteiger partial charge in [0.25, 0.3) is 0 Å². The Morgan fingerprint density at radius 2 is 2.06 bits per heavy atom. The molecule has 0 bridgehead atoms. The van der Waals surface area contributed by atoms with Gasteiger partial charge in [0, 0.05) is 12.3 Å². The lowest BCUT2D eigenvalue weighted by atomic mass is 10.1. The summed E-state index contributed by atoms with van der Waals surface area (Å²) in [5.41, 5.74) is -4.97. The van der Waals surface area contributed by atoms with Gasteiger partial charge in [0.05, 0.1) is 11.3 Å². The Balaban J connectivity index is 2.64. The Kier molecular flexibility index (Phi) is 4.83. The van der Waals surface area contributed by atoms with Crippen molar-refractivity contribution in [1.82, 2.24) is 0 Å². The van der Waals surface area contributed by atoms with E-state index < -0.39 is 17.3 Å². The van der Waals surface area contributed by atoms with Crippen molar-refractivity contribution >= 4 is 23.4 Å². The van der Waals surface area contributed by atoms with Crippen LogP contribution in [-0.4, -0.2) is 28.9 Å². The first-order chi connectivity index (χ1) is 8.31. The number of benzene rings is 1. The molecule has 0 fully saturated rings. The zero-order chi connectivity index (χ0) is 13.8. The van der Waals surface area contributed by atoms with E-state index in [0.29, 0.717) is 0 Å². The molecule has 8 heteroatoms. The quantitative estimate of drug-likeness (QED) is 0.643. The Hall–Kier alpha value is -1.44. The molecule has 0 saturated heterocycles. The number of para-hydroxylation sites is 1. The fourth-order valence-corrected chi connectivity index (χ4v) is 1.66. The lowest BCUT2D eigenvalue weighted by Crippen LogP contribution is -2.13. The van der Waals surface area contributed by atoms with Crippen LogP contribution in [-0.2, 0) is 0 Å². The van der Waals surface area contributed by atoms with Crippen molar-refractivity contribution in [1.29, 1.82) is 0 Å². The molecule has 0 aliphatic rings. The molecule has 3 nitrogen and oxygen atoms in total. The number of alkyl halides is 3. The Labute approximate surface area is 104 Å². The molecule has 0 aliphatic carbocycles. The van der Waals surface area contributed by atoms with Crippen molar-refractivity contribution in [2.45, 2.75) is 5.51 Å². The van der Waals surface area contributed by atoms with E-state index in [-0.39, 0.29) is 35.3 Å². The zero-order valence-electron chi connectivity index (χ0n) is 8.92. The van der Waals surface area contributed by atoms with Gasteiger partial charge in [-0.2, -0.15) is 13.2 Å². The smallest absolute Gasteiger partial charge is 0.441 e. The third-order valence-corrected chi connectivity index (χ3v) is 2.65. The summed E-state index contributed by atoms with van der Waals surface area (Å²) in [6.07, 6.45) is 0. The van der Waals surface area contributed by atoms with Gasteiger partial charge in [0.15, 0.2) is 0 Å². The van der Waals surface area contributed by atoms with Crippen molar-refractivity contribution in [2.24, 2.45) is 0 Å². The standard InChI is InChI=1S/C10H9F4NO2S/c11-7-3-1-2-6(9(16)17)8(7)15-4-5-18-10(12,13)14/h1-3,15H,4-5H2,(H,16,17). The Morgan fingerprint density at radius 3 is 2.61 bits per heavy atom. The number of nitrogens with one attached hydrogen (secondary N) is 1. The van der Waals surface area contributed by atoms with Gasteiger partial charge in [-0.05, 0) is 23.9 Å². The molecule has 1 aromatic rings. The Bertz CT molecular complexity index is 436. The largest absolute Gasteiger partial charge is 0.478 e. The van der Waals surface area contributed by atoms with E-state index in [2.05, 4.69) is 5.32 Å². The van der Waals surface area contributed by atoms with Crippen LogP contribution in [0.4, 0.5) is 23.2 Å². The number of anilines is 1. The number of halogens is 4. The minimum atomic E-state index is -4.35. The molecule has 0 aromatic heterocycles. The number of rotatable bonds is 5. The van der Waals surface area contributed by atoms with Gasteiger partial charge in [-0.1, -0.05) is 6.07 Å². The van der Waals surface area contributed by atoms with Crippen molar-refractivity contribution in [2.75, 3.05) is 17.6 Å². The number of thioether (sulfide) groups is 1. The maximum atomic E-state index is 13.3. The second kappa shape index (κ2) is 5.94. The lowest BCUT2D eigenvalue weighted by Gasteiger charge is -2.11. The average molecular weight is 283 g/mol. The predicted octanol–water partition coefficient (Wildman–Crippen LogP) is 3.19. The zero-order valence-corrected chi connectivity index (χ0v) is 9.74. The van der Waals surface area contributed by atoms with Crippen molar-refractivity contribution in [3.8, 4) is 0 Å². The molecule has 0 saturated carbocycles. The first-order valence-corrected chi connectivity index (χ1v) is 5.76. The van der Waals surface area contributed by atoms with Crippen LogP contribution in [0.3, 0.4) is 0 Å². The van der Waals surface area contributed by atoms with Crippen LogP contribution < -0.4 is 5.32 Å². The van der Waals surface area contributed by atoms with Crippen LogP contribution in [0.15, 0.2) is 18.2 Å². The molecule has 1 aromatic carbocycles. The predicted molar refractivity (Wildman–Crippen MR) is 60.4 cm³/mol. The number of carbonyl (C=O) groups is 1. The number of hydrogen-bond acceptors (Lipinski definition) is 3. The lowest BCUT2D eigenvalue weighted by molar-refractivity contribution is -0.0327. The maximum Gasteiger partial charge on any atom is 0.441 e. The third kappa shape index (κ3) is 4.44. The van der Waals surface area contributed by atoms with Crippen LogP contribution in [0.25, 0.3) is 0 Å². The van der Waals surface area contributed by atoms with E-state index in [9.17, 15) is 22.4 Å². The summed E-state index contributed by atoms with van der Waals surface area (Å²) < 4.78 is 48.8. The van der Waals surface area contributed by atoms with Crippen LogP contribution in [0.5, 0.6) is 0 Å². The van der Waals surface area contributed by atoms with Gasteiger partial charge >= 0.3 is 11.5 Å². The summed E-state index contributed by atoms with van der Waals surface area (Å²) in [4.78, 5) is 10.8. The summed E-state index contributed by atoms with van der Waals surface area (Å²) in [7, 11) is 0. The average Bonchev–Trinajstić information content (AvgIpc) is 2.24. The van der Waals surface area contributed by atoms with Crippen molar-refractivity contribution < 1.29 is 27.5 Å². The summed E-state index contributed by atoms with van der Waals surface area (Å²) in [6.45, 7) is -0.189. The molecule has 0 atom stereocenters. The third-order valence-electron chi connectivity index (χ3n) is 1.91. The highest BCUT2D eigenvalue weighted by molar-refractivity contribution is 8.00. The van der Waals surface area contributed by atoms with E-state index in [1.807, 2.05) is 0 Å². The van der Waals surface area contributed by atoms with Crippen LogP contribution >= 0.6 is 11.8 Å². The van der Waals surface area contributed by atoms with Gasteiger partial charge in [-0.15, -0.1) is 0 Å². The van der Waals surface area contributed by atoms with E-state index in [1.165, 1.54) is 12.1 Å². The minimum absolute atomic E-state index is 0.189. The highest BCUT2D eigenvalue weighted by atomic mass is 32.2. The number of carboxylic acids is 1. The fourth-order valence-electron chi connectivity index (χ4n) is 1.22. The molecule has 0 spiro atoms. The second-order valence-corrected chi connectivity index (χ2v) is 4.35. The Morgan fingerprint density at radius 1 is 1.39 bits per heavy atom. The molecule has 0 aliphatic heterocycles. The van der Waals surface area contributed by atoms with Gasteiger partial charge in [-0.25, -0.2) is 9.18 Å². The number of hydrogen-bond donors (Lipinski definition) is 2. The van der Waals surface area contributed by atoms with E-state index in [1.54, 1.807) is 0 Å². The molecule has 0 amide bonds. The van der Waals surface area contributed by atoms with Gasteiger partial charge in [0.1, 0.15) is 5.82 Å². The highest BCUT2D eigenvalue weighted by Gasteiger charge is 2.27. The van der Waals surface area contributed by atoms with Crippen LogP contribution in [0, 0.1) is 5.82 Å². The number of carboxylic acid groups (broad SMARTS) is 1. The summed E-state index contributed by atoms with van der Waals surface area (Å²) >= 11 is -0.259. The van der Waals surface area contributed by atoms with E-state index in [4.69, 9.17) is 5.11 Å². The molecule has 0 unspecified atom stereocenters. The molecule has 0 radical (unpaired) electrons. The first kappa shape index (κ1) is 14.6. The van der Waals surface area contributed by atoms with Gasteiger partial charge in [0.2, 0.25) is 0 Å². The monoisotopic (exact) mass is 283 g/mol. The molecule has 2 N–H and O–H groups in total. The summed E-state index contributed by atoms with van der Waals surface area (Å²) in [6, 6.07) is 3.42. The second-order valence-electron chi connectivity index (χ2n) is 3.19. The first-order valence-electron chi connectivity index (χ1n) is 4.77. The molecule has 18 heavy (non-hydrogen) atoms. The minimum Gasteiger partial charge on any atom is -0.478 e. The fraction of sp³-hybridized carbons (Fsp3) is 0.300. The molecular weight excluding hydrogens is 274 g/mol. The summed E-state index contributed by atoms with van der Waals surface area (Å²) in [5, 5.41) is 11.1. The molecule has 0 heterocycles. The number of aromatic carboxylic acids is 1. The topological polar surface area (TPSA) is 49.3 Å². The maximum absolute atomic E-state index is 13.3. The van der Waals surface area contributed by atoms with Crippen LogP contribution in [0.2, 0.25) is 0 Å². The summed E-state index contributed by atoms with van der Waals surface area (Å²) in [5.74, 6) is -2.50. The van der Waals surface area contributed by atoms with Crippen molar-refractivity contribution in [3.05, 3.63) is 29.6 Å².